The van der Waals surface area contributed by atoms with E-state index in [1.165, 1.54) is 24.4 Å². The molecule has 2 aliphatic heterocycles. The molecule has 1 aromatic heterocycles. The third kappa shape index (κ3) is 5.65. The lowest BCUT2D eigenvalue weighted by molar-refractivity contribution is 0.140. The highest BCUT2D eigenvalue weighted by atomic mass is 35.5. The molecule has 14 heteroatoms. The Labute approximate surface area is 257 Å². The molecule has 1 fully saturated rings. The third-order valence-corrected chi connectivity index (χ3v) is 9.57. The smallest absolute Gasteiger partial charge is 0.265 e. The van der Waals surface area contributed by atoms with Crippen LogP contribution in [0.4, 0.5) is 24.8 Å². The maximum atomic E-state index is 15.8. The van der Waals surface area contributed by atoms with E-state index in [1.54, 1.807) is 0 Å². The van der Waals surface area contributed by atoms with Crippen molar-refractivity contribution in [3.05, 3.63) is 70.6 Å². The van der Waals surface area contributed by atoms with Gasteiger partial charge in [0.1, 0.15) is 35.0 Å². The molecule has 3 N–H and O–H groups in total. The third-order valence-electron chi connectivity index (χ3n) is 7.98. The SMILES string of the molecule is CC(C)N1CCC(Nc2ncc3c(F)c(-c4c(F)ccc(NS(=O)(=O)c5cc(Cl)cc6c5OCC6O)c4F)ccc3n2)CC1. The van der Waals surface area contributed by atoms with Gasteiger partial charge in [0.15, 0.2) is 5.82 Å². The van der Waals surface area contributed by atoms with Crippen LogP contribution < -0.4 is 14.8 Å². The molecule has 4 aromatic rings. The molecule has 0 bridgehead atoms. The van der Waals surface area contributed by atoms with E-state index in [-0.39, 0.29) is 39.9 Å². The first-order chi connectivity index (χ1) is 20.9. The fourth-order valence-electron chi connectivity index (χ4n) is 5.60. The number of hydrogen-bond acceptors (Lipinski definition) is 8. The van der Waals surface area contributed by atoms with Crippen LogP contribution in [0.2, 0.25) is 5.02 Å². The van der Waals surface area contributed by atoms with Crippen molar-refractivity contribution >= 4 is 44.2 Å². The van der Waals surface area contributed by atoms with Crippen molar-refractivity contribution in [2.24, 2.45) is 0 Å². The second kappa shape index (κ2) is 11.7. The van der Waals surface area contributed by atoms with E-state index in [4.69, 9.17) is 16.3 Å². The summed E-state index contributed by atoms with van der Waals surface area (Å²) in [6.07, 6.45) is 1.96. The summed E-state index contributed by atoms with van der Waals surface area (Å²) in [5, 5.41) is 13.3. The minimum atomic E-state index is -4.54. The molecule has 0 spiro atoms. The molecule has 0 aliphatic carbocycles. The Hall–Kier alpha value is -3.65. The molecule has 3 aromatic carbocycles. The van der Waals surface area contributed by atoms with E-state index in [0.29, 0.717) is 12.0 Å². The zero-order valence-corrected chi connectivity index (χ0v) is 25.3. The predicted octanol–water partition coefficient (Wildman–Crippen LogP) is 5.88. The zero-order chi connectivity index (χ0) is 31.3. The van der Waals surface area contributed by atoms with Crippen molar-refractivity contribution in [2.75, 3.05) is 29.7 Å². The van der Waals surface area contributed by atoms with Gasteiger partial charge in [-0.1, -0.05) is 11.6 Å². The number of aliphatic hydroxyl groups excluding tert-OH is 1. The topological polar surface area (TPSA) is 117 Å². The number of hydrogen-bond donors (Lipinski definition) is 3. The van der Waals surface area contributed by atoms with E-state index in [9.17, 15) is 13.5 Å². The number of anilines is 2. The van der Waals surface area contributed by atoms with Crippen molar-refractivity contribution in [1.82, 2.24) is 14.9 Å². The minimum Gasteiger partial charge on any atom is -0.489 e. The molecule has 6 rings (SSSR count). The number of sulfonamides is 1. The van der Waals surface area contributed by atoms with E-state index in [0.717, 1.165) is 44.1 Å². The average Bonchev–Trinajstić information content (AvgIpc) is 3.35. The van der Waals surface area contributed by atoms with Gasteiger partial charge in [0.05, 0.1) is 22.2 Å². The van der Waals surface area contributed by atoms with Crippen molar-refractivity contribution < 1.29 is 31.4 Å². The maximum absolute atomic E-state index is 15.8. The Morgan fingerprint density at radius 1 is 1.09 bits per heavy atom. The Morgan fingerprint density at radius 2 is 1.84 bits per heavy atom. The summed E-state index contributed by atoms with van der Waals surface area (Å²) in [6.45, 7) is 6.00. The second-order valence-electron chi connectivity index (χ2n) is 11.1. The van der Waals surface area contributed by atoms with Gasteiger partial charge in [-0.05, 0) is 63.1 Å². The van der Waals surface area contributed by atoms with Crippen LogP contribution in [0.1, 0.15) is 38.4 Å². The van der Waals surface area contributed by atoms with Crippen molar-refractivity contribution in [3.8, 4) is 16.9 Å². The summed E-state index contributed by atoms with van der Waals surface area (Å²) in [4.78, 5) is 10.6. The van der Waals surface area contributed by atoms with Crippen LogP contribution in [0, 0.1) is 17.5 Å². The average molecular weight is 648 g/mol. The number of nitrogens with zero attached hydrogens (tertiary/aromatic N) is 3. The van der Waals surface area contributed by atoms with Gasteiger partial charge in [0, 0.05) is 47.5 Å². The number of likely N-dealkylation sites (tertiary alicyclic amines) is 1. The first-order valence-corrected chi connectivity index (χ1v) is 15.9. The van der Waals surface area contributed by atoms with E-state index in [2.05, 4.69) is 38.8 Å². The molecule has 3 heterocycles. The fraction of sp³-hybridized carbons (Fsp3) is 0.333. The number of fused-ring (bicyclic) bond motifs is 2. The highest BCUT2D eigenvalue weighted by Crippen LogP contribution is 2.41. The number of nitrogens with one attached hydrogen (secondary N) is 2. The highest BCUT2D eigenvalue weighted by molar-refractivity contribution is 7.92. The standard InChI is InChI=1S/C30H29ClF3N5O4S/c1-15(2)39-9-7-17(8-10-39)36-30-35-13-20-22(37-30)5-3-18(27(20)33)26-21(32)4-6-23(28(26)34)38-44(41,42)25-12-16(31)11-19-24(40)14-43-29(19)25/h3-6,11-13,15,17,24,38,40H,7-10,14H2,1-2H3,(H,35,36,37). The Kier molecular flexibility index (Phi) is 8.07. The first-order valence-electron chi connectivity index (χ1n) is 14.0. The van der Waals surface area contributed by atoms with Gasteiger partial charge >= 0.3 is 0 Å². The Bertz CT molecular complexity index is 1870. The van der Waals surface area contributed by atoms with Crippen molar-refractivity contribution in [3.63, 3.8) is 0 Å². The van der Waals surface area contributed by atoms with Gasteiger partial charge in [-0.3, -0.25) is 4.72 Å². The minimum absolute atomic E-state index is 0.00395. The quantitative estimate of drug-likeness (QED) is 0.228. The lowest BCUT2D eigenvalue weighted by atomic mass is 10.0. The van der Waals surface area contributed by atoms with Gasteiger partial charge in [0.2, 0.25) is 5.95 Å². The van der Waals surface area contributed by atoms with Gasteiger partial charge < -0.3 is 20.1 Å². The number of rotatable bonds is 7. The Balaban J connectivity index is 1.29. The maximum Gasteiger partial charge on any atom is 0.265 e. The van der Waals surface area contributed by atoms with Crippen molar-refractivity contribution in [1.29, 1.82) is 0 Å². The molecule has 2 aliphatic rings. The van der Waals surface area contributed by atoms with Crippen LogP contribution in [0.15, 0.2) is 47.5 Å². The molecular formula is C30H29ClF3N5O4S. The summed E-state index contributed by atoms with van der Waals surface area (Å²) in [5.41, 5.74) is -1.44. The van der Waals surface area contributed by atoms with Crippen LogP contribution in [0.3, 0.4) is 0 Å². The highest BCUT2D eigenvalue weighted by Gasteiger charge is 2.32. The second-order valence-corrected chi connectivity index (χ2v) is 13.2. The molecule has 0 radical (unpaired) electrons. The lowest BCUT2D eigenvalue weighted by Crippen LogP contribution is -2.42. The number of benzene rings is 3. The van der Waals surface area contributed by atoms with E-state index >= 15 is 13.2 Å². The fourth-order valence-corrected chi connectivity index (χ4v) is 7.15. The van der Waals surface area contributed by atoms with E-state index in [1.807, 2.05) is 0 Å². The molecule has 0 saturated carbocycles. The zero-order valence-electron chi connectivity index (χ0n) is 23.7. The lowest BCUT2D eigenvalue weighted by Gasteiger charge is -2.34. The molecule has 0 amide bonds. The largest absolute Gasteiger partial charge is 0.489 e. The Morgan fingerprint density at radius 3 is 2.57 bits per heavy atom. The molecule has 1 saturated heterocycles. The van der Waals surface area contributed by atoms with Crippen molar-refractivity contribution in [2.45, 2.75) is 49.8 Å². The summed E-state index contributed by atoms with van der Waals surface area (Å²) in [6, 6.07) is 7.41. The summed E-state index contributed by atoms with van der Waals surface area (Å²) in [5.74, 6) is -3.21. The summed E-state index contributed by atoms with van der Waals surface area (Å²) < 4.78 is 80.5. The molecule has 232 valence electrons. The molecular weight excluding hydrogens is 619 g/mol. The van der Waals surface area contributed by atoms with Gasteiger partial charge in [-0.15, -0.1) is 0 Å². The normalized spacial score (nSPS) is 17.6. The van der Waals surface area contributed by atoms with E-state index < -0.39 is 55.3 Å². The first kappa shape index (κ1) is 30.4. The molecule has 44 heavy (non-hydrogen) atoms. The monoisotopic (exact) mass is 647 g/mol. The molecule has 9 nitrogen and oxygen atoms in total. The van der Waals surface area contributed by atoms with Gasteiger partial charge in [-0.2, -0.15) is 0 Å². The number of piperidine rings is 1. The predicted molar refractivity (Wildman–Crippen MR) is 161 cm³/mol. The number of aromatic nitrogens is 2. The summed E-state index contributed by atoms with van der Waals surface area (Å²) in [7, 11) is -4.54. The van der Waals surface area contributed by atoms with Gasteiger partial charge in [-0.25, -0.2) is 31.6 Å². The molecule has 1 unspecified atom stereocenters. The number of aliphatic hydroxyl groups is 1. The number of ether oxygens (including phenoxy) is 1. The van der Waals surface area contributed by atoms with Gasteiger partial charge in [0.25, 0.3) is 10.0 Å². The summed E-state index contributed by atoms with van der Waals surface area (Å²) >= 11 is 6.06. The van der Waals surface area contributed by atoms with Crippen LogP contribution in [0.25, 0.3) is 22.0 Å². The molecule has 1 atom stereocenters. The van der Waals surface area contributed by atoms with Crippen LogP contribution in [-0.4, -0.2) is 60.2 Å². The number of halogens is 4. The van der Waals surface area contributed by atoms with Crippen LogP contribution in [0.5, 0.6) is 5.75 Å². The van der Waals surface area contributed by atoms with Crippen LogP contribution in [-0.2, 0) is 10.0 Å². The van der Waals surface area contributed by atoms with Crippen LogP contribution >= 0.6 is 11.6 Å².